The van der Waals surface area contributed by atoms with Crippen LogP contribution in [-0.4, -0.2) is 33.6 Å². The van der Waals surface area contributed by atoms with Crippen molar-refractivity contribution in [2.75, 3.05) is 6.54 Å². The Balaban J connectivity index is 2.13. The smallest absolute Gasteiger partial charge is 0.252 e. The van der Waals surface area contributed by atoms with Crippen LogP contribution in [0.5, 0.6) is 0 Å². The topological polar surface area (TPSA) is 75.1 Å². The average Bonchev–Trinajstić information content (AvgIpc) is 2.59. The van der Waals surface area contributed by atoms with Crippen molar-refractivity contribution < 1.29 is 9.90 Å². The second-order valence-electron chi connectivity index (χ2n) is 5.88. The molecule has 0 aliphatic heterocycles. The summed E-state index contributed by atoms with van der Waals surface area (Å²) in [5.74, 6) is -0.223. The van der Waals surface area contributed by atoms with Crippen LogP contribution < -0.4 is 5.32 Å². The highest BCUT2D eigenvalue weighted by molar-refractivity contribution is 6.07. The predicted molar refractivity (Wildman–Crippen MR) is 93.7 cm³/mol. The van der Waals surface area contributed by atoms with Crippen molar-refractivity contribution in [3.8, 4) is 11.3 Å². The molecule has 0 saturated carbocycles. The van der Waals surface area contributed by atoms with Crippen LogP contribution in [-0.2, 0) is 0 Å². The highest BCUT2D eigenvalue weighted by atomic mass is 16.3. The maximum Gasteiger partial charge on any atom is 0.252 e. The normalized spacial score (nSPS) is 12.1. The fourth-order valence-corrected chi connectivity index (χ4v) is 2.53. The SMILES string of the molecule is Cc1ccc2nc(-c3cccnc3)cc(C(=O)NCC(C)O)c2c1. The molecule has 5 heteroatoms. The van der Waals surface area contributed by atoms with E-state index in [9.17, 15) is 9.90 Å². The Bertz CT molecular complexity index is 876. The van der Waals surface area contributed by atoms with E-state index in [4.69, 9.17) is 0 Å². The molecule has 0 spiro atoms. The third-order valence-electron chi connectivity index (χ3n) is 3.72. The van der Waals surface area contributed by atoms with Gasteiger partial charge >= 0.3 is 0 Å². The van der Waals surface area contributed by atoms with Gasteiger partial charge < -0.3 is 10.4 Å². The maximum atomic E-state index is 12.6. The number of carbonyl (C=O) groups is 1. The molecule has 122 valence electrons. The molecule has 1 amide bonds. The van der Waals surface area contributed by atoms with E-state index in [-0.39, 0.29) is 12.5 Å². The van der Waals surface area contributed by atoms with Crippen molar-refractivity contribution in [1.82, 2.24) is 15.3 Å². The van der Waals surface area contributed by atoms with Crippen LogP contribution in [0.15, 0.2) is 48.8 Å². The van der Waals surface area contributed by atoms with E-state index in [0.29, 0.717) is 11.3 Å². The van der Waals surface area contributed by atoms with Crippen molar-refractivity contribution >= 4 is 16.8 Å². The lowest BCUT2D eigenvalue weighted by molar-refractivity contribution is 0.0925. The molecule has 5 nitrogen and oxygen atoms in total. The van der Waals surface area contributed by atoms with Gasteiger partial charge in [0.15, 0.2) is 0 Å². The quantitative estimate of drug-likeness (QED) is 0.775. The van der Waals surface area contributed by atoms with Gasteiger partial charge in [0.05, 0.1) is 22.9 Å². The van der Waals surface area contributed by atoms with Gasteiger partial charge in [-0.3, -0.25) is 9.78 Å². The van der Waals surface area contributed by atoms with Crippen LogP contribution >= 0.6 is 0 Å². The number of aliphatic hydroxyl groups is 1. The molecule has 0 aliphatic rings. The molecule has 0 aliphatic carbocycles. The summed E-state index contributed by atoms with van der Waals surface area (Å²) in [6, 6.07) is 11.4. The minimum Gasteiger partial charge on any atom is -0.392 e. The van der Waals surface area contributed by atoms with Crippen molar-refractivity contribution in [3.05, 3.63) is 59.9 Å². The average molecular weight is 321 g/mol. The standard InChI is InChI=1S/C19H19N3O2/c1-12-5-6-17-15(8-12)16(19(24)21-10-13(2)23)9-18(22-17)14-4-3-7-20-11-14/h3-9,11,13,23H,10H2,1-2H3,(H,21,24). The zero-order valence-electron chi connectivity index (χ0n) is 13.7. The fraction of sp³-hybridized carbons (Fsp3) is 0.211. The summed E-state index contributed by atoms with van der Waals surface area (Å²) in [6.45, 7) is 3.82. The molecule has 1 unspecified atom stereocenters. The summed E-state index contributed by atoms with van der Waals surface area (Å²) in [5.41, 5.74) is 3.90. The Kier molecular flexibility index (Phi) is 4.53. The Morgan fingerprint density at radius 3 is 2.83 bits per heavy atom. The number of hydrogen-bond donors (Lipinski definition) is 2. The van der Waals surface area contributed by atoms with Gasteiger partial charge in [-0.2, -0.15) is 0 Å². The number of benzene rings is 1. The van der Waals surface area contributed by atoms with Crippen molar-refractivity contribution in [2.45, 2.75) is 20.0 Å². The van der Waals surface area contributed by atoms with Crippen LogP contribution in [0.3, 0.4) is 0 Å². The molecule has 1 aromatic carbocycles. The molecule has 2 aromatic heterocycles. The van der Waals surface area contributed by atoms with E-state index >= 15 is 0 Å². The largest absolute Gasteiger partial charge is 0.392 e. The Morgan fingerprint density at radius 2 is 2.12 bits per heavy atom. The lowest BCUT2D eigenvalue weighted by atomic mass is 10.0. The number of rotatable bonds is 4. The van der Waals surface area contributed by atoms with Gasteiger partial charge in [-0.15, -0.1) is 0 Å². The van der Waals surface area contributed by atoms with E-state index in [2.05, 4.69) is 15.3 Å². The first-order valence-electron chi connectivity index (χ1n) is 7.82. The lowest BCUT2D eigenvalue weighted by Crippen LogP contribution is -2.30. The molecule has 0 bridgehead atoms. The molecular weight excluding hydrogens is 302 g/mol. The highest BCUT2D eigenvalue weighted by Gasteiger charge is 2.14. The van der Waals surface area contributed by atoms with Gasteiger partial charge in [0.1, 0.15) is 0 Å². The molecule has 0 radical (unpaired) electrons. The molecule has 2 heterocycles. The molecule has 2 N–H and O–H groups in total. The van der Waals surface area contributed by atoms with Crippen LogP contribution in [0, 0.1) is 6.92 Å². The van der Waals surface area contributed by atoms with Gasteiger partial charge in [-0.25, -0.2) is 4.98 Å². The number of nitrogens with one attached hydrogen (secondary N) is 1. The molecule has 3 rings (SSSR count). The van der Waals surface area contributed by atoms with Gasteiger partial charge in [-0.1, -0.05) is 11.6 Å². The molecule has 3 aromatic rings. The minimum absolute atomic E-state index is 0.205. The monoisotopic (exact) mass is 321 g/mol. The summed E-state index contributed by atoms with van der Waals surface area (Å²) in [7, 11) is 0. The number of hydrogen-bond acceptors (Lipinski definition) is 4. The summed E-state index contributed by atoms with van der Waals surface area (Å²) in [4.78, 5) is 21.4. The Labute approximate surface area is 140 Å². The first kappa shape index (κ1) is 16.1. The van der Waals surface area contributed by atoms with E-state index in [1.54, 1.807) is 25.4 Å². The van der Waals surface area contributed by atoms with Crippen LogP contribution in [0.25, 0.3) is 22.2 Å². The van der Waals surface area contributed by atoms with E-state index in [1.165, 1.54) is 0 Å². The van der Waals surface area contributed by atoms with Crippen LogP contribution in [0.4, 0.5) is 0 Å². The van der Waals surface area contributed by atoms with E-state index in [1.807, 2.05) is 37.3 Å². The number of carbonyl (C=O) groups excluding carboxylic acids is 1. The summed E-state index contributed by atoms with van der Waals surface area (Å²) in [5, 5.41) is 13.0. The summed E-state index contributed by atoms with van der Waals surface area (Å²) < 4.78 is 0. The summed E-state index contributed by atoms with van der Waals surface area (Å²) >= 11 is 0. The van der Waals surface area contributed by atoms with Gasteiger partial charge in [-0.05, 0) is 44.2 Å². The number of amides is 1. The van der Waals surface area contributed by atoms with Gasteiger partial charge in [0, 0.05) is 29.9 Å². The Hall–Kier alpha value is -2.79. The molecule has 0 saturated heterocycles. The lowest BCUT2D eigenvalue weighted by Gasteiger charge is -2.12. The third-order valence-corrected chi connectivity index (χ3v) is 3.72. The number of aryl methyl sites for hydroxylation is 1. The summed E-state index contributed by atoms with van der Waals surface area (Å²) in [6.07, 6.45) is 2.82. The first-order chi connectivity index (χ1) is 11.5. The van der Waals surface area contributed by atoms with Crippen molar-refractivity contribution in [3.63, 3.8) is 0 Å². The highest BCUT2D eigenvalue weighted by Crippen LogP contribution is 2.25. The van der Waals surface area contributed by atoms with Crippen LogP contribution in [0.2, 0.25) is 0 Å². The molecular formula is C19H19N3O2. The molecule has 0 fully saturated rings. The number of aromatic nitrogens is 2. The second-order valence-corrected chi connectivity index (χ2v) is 5.88. The minimum atomic E-state index is -0.596. The number of fused-ring (bicyclic) bond motifs is 1. The number of nitrogens with zero attached hydrogens (tertiary/aromatic N) is 2. The third kappa shape index (κ3) is 3.41. The number of aliphatic hydroxyl groups excluding tert-OH is 1. The van der Waals surface area contributed by atoms with E-state index < -0.39 is 6.10 Å². The maximum absolute atomic E-state index is 12.6. The van der Waals surface area contributed by atoms with Gasteiger partial charge in [0.25, 0.3) is 5.91 Å². The molecule has 1 atom stereocenters. The zero-order chi connectivity index (χ0) is 17.1. The zero-order valence-corrected chi connectivity index (χ0v) is 13.7. The van der Waals surface area contributed by atoms with Crippen molar-refractivity contribution in [1.29, 1.82) is 0 Å². The predicted octanol–water partition coefficient (Wildman–Crippen LogP) is 2.72. The number of pyridine rings is 2. The van der Waals surface area contributed by atoms with Gasteiger partial charge in [0.2, 0.25) is 0 Å². The molecule has 24 heavy (non-hydrogen) atoms. The van der Waals surface area contributed by atoms with E-state index in [0.717, 1.165) is 22.0 Å². The second kappa shape index (κ2) is 6.76. The fourth-order valence-electron chi connectivity index (χ4n) is 2.53. The Morgan fingerprint density at radius 1 is 1.29 bits per heavy atom. The van der Waals surface area contributed by atoms with Crippen molar-refractivity contribution in [2.24, 2.45) is 0 Å². The first-order valence-corrected chi connectivity index (χ1v) is 7.82. The van der Waals surface area contributed by atoms with Crippen LogP contribution in [0.1, 0.15) is 22.8 Å².